The van der Waals surface area contributed by atoms with Gasteiger partial charge in [-0.1, -0.05) is 49.6 Å². The first-order valence-corrected chi connectivity index (χ1v) is 15.8. The molecule has 1 aromatic heterocycles. The molecule has 5 rings (SSSR count). The second-order valence-electron chi connectivity index (χ2n) is 11.5. The number of nitrogens with zero attached hydrogens (tertiary/aromatic N) is 3. The number of phenolic OH excluding ortho intramolecular Hbond substituents is 1. The number of carbonyl (C=O) groups excluding carboxylic acids is 2. The lowest BCUT2D eigenvalue weighted by atomic mass is 10.0. The number of unbranched alkanes of at least 4 members (excludes halogenated alkanes) is 2. The number of fused-ring (bicyclic) bond motifs is 1. The molecule has 2 aromatic carbocycles. The molecule has 0 saturated heterocycles. The predicted molar refractivity (Wildman–Crippen MR) is 166 cm³/mol. The summed E-state index contributed by atoms with van der Waals surface area (Å²) in [7, 11) is 0. The summed E-state index contributed by atoms with van der Waals surface area (Å²) < 4.78 is 13.5. The van der Waals surface area contributed by atoms with Crippen LogP contribution in [0.5, 0.6) is 11.5 Å². The molecule has 9 heteroatoms. The predicted octanol–water partition coefficient (Wildman–Crippen LogP) is 5.74. The van der Waals surface area contributed by atoms with E-state index in [1.807, 2.05) is 16.9 Å². The minimum Gasteiger partial charge on any atom is -0.506 e. The van der Waals surface area contributed by atoms with Crippen LogP contribution in [0.2, 0.25) is 0 Å². The lowest BCUT2D eigenvalue weighted by Crippen LogP contribution is -2.40. The first-order chi connectivity index (χ1) is 21.0. The average molecular weight is 589 g/mol. The van der Waals surface area contributed by atoms with Crippen LogP contribution in [-0.4, -0.2) is 64.0 Å². The van der Waals surface area contributed by atoms with Gasteiger partial charge in [-0.15, -0.1) is 0 Å². The summed E-state index contributed by atoms with van der Waals surface area (Å²) in [6.45, 7) is 4.69. The van der Waals surface area contributed by atoms with Gasteiger partial charge in [0, 0.05) is 30.9 Å². The Morgan fingerprint density at radius 1 is 1.12 bits per heavy atom. The van der Waals surface area contributed by atoms with Crippen LogP contribution in [0.3, 0.4) is 0 Å². The Morgan fingerprint density at radius 2 is 1.98 bits per heavy atom. The van der Waals surface area contributed by atoms with Gasteiger partial charge in [0.15, 0.2) is 12.4 Å². The molecule has 0 atom stereocenters. The topological polar surface area (TPSA) is 106 Å². The molecule has 2 N–H and O–H groups in total. The number of anilines is 1. The summed E-state index contributed by atoms with van der Waals surface area (Å²) in [5.74, 6) is 0.522. The Balaban J connectivity index is 1.04. The monoisotopic (exact) mass is 588 g/mol. The van der Waals surface area contributed by atoms with Crippen LogP contribution in [0.25, 0.3) is 11.1 Å². The van der Waals surface area contributed by atoms with Gasteiger partial charge in [0.25, 0.3) is 5.91 Å². The highest BCUT2D eigenvalue weighted by molar-refractivity contribution is 5.97. The van der Waals surface area contributed by atoms with Crippen molar-refractivity contribution >= 4 is 17.5 Å². The first kappa shape index (κ1) is 30.6. The number of aromatic nitrogens is 2. The highest BCUT2D eigenvalue weighted by Gasteiger charge is 2.26. The normalized spacial score (nSPS) is 14.8. The van der Waals surface area contributed by atoms with Crippen molar-refractivity contribution in [1.82, 2.24) is 14.7 Å². The number of amides is 2. The SMILES string of the molecule is CCn1cc(-c2cccc(CCOCCC(=O)N(CCCCCc3ccc(O)c4c3OCC(=O)N4)C3CCCC3)c2)cn1. The third kappa shape index (κ3) is 8.16. The molecule has 0 radical (unpaired) electrons. The summed E-state index contributed by atoms with van der Waals surface area (Å²) in [6.07, 6.45) is 13.4. The van der Waals surface area contributed by atoms with Gasteiger partial charge >= 0.3 is 0 Å². The fraction of sp³-hybridized carbons (Fsp3) is 0.500. The zero-order valence-corrected chi connectivity index (χ0v) is 25.2. The lowest BCUT2D eigenvalue weighted by molar-refractivity contribution is -0.134. The van der Waals surface area contributed by atoms with Gasteiger partial charge in [-0.2, -0.15) is 5.10 Å². The molecule has 43 heavy (non-hydrogen) atoms. The van der Waals surface area contributed by atoms with Crippen LogP contribution in [0.4, 0.5) is 5.69 Å². The molecule has 2 aliphatic rings. The van der Waals surface area contributed by atoms with E-state index in [9.17, 15) is 14.7 Å². The number of aryl methyl sites for hydroxylation is 2. The van der Waals surface area contributed by atoms with Crippen molar-refractivity contribution in [3.63, 3.8) is 0 Å². The van der Waals surface area contributed by atoms with Gasteiger partial charge in [0.1, 0.15) is 11.4 Å². The van der Waals surface area contributed by atoms with Crippen molar-refractivity contribution in [2.45, 2.75) is 83.7 Å². The maximum Gasteiger partial charge on any atom is 0.262 e. The zero-order chi connectivity index (χ0) is 30.0. The molecule has 230 valence electrons. The summed E-state index contributed by atoms with van der Waals surface area (Å²) in [6, 6.07) is 12.3. The van der Waals surface area contributed by atoms with E-state index in [2.05, 4.69) is 52.7 Å². The highest BCUT2D eigenvalue weighted by Crippen LogP contribution is 2.39. The molecule has 1 fully saturated rings. The van der Waals surface area contributed by atoms with E-state index < -0.39 is 0 Å². The number of benzene rings is 2. The number of rotatable bonds is 15. The smallest absolute Gasteiger partial charge is 0.262 e. The second-order valence-corrected chi connectivity index (χ2v) is 11.5. The molecule has 0 unspecified atom stereocenters. The molecule has 1 aliphatic heterocycles. The van der Waals surface area contributed by atoms with Crippen molar-refractivity contribution in [2.24, 2.45) is 0 Å². The van der Waals surface area contributed by atoms with Crippen LogP contribution < -0.4 is 10.1 Å². The molecule has 2 heterocycles. The van der Waals surface area contributed by atoms with E-state index in [4.69, 9.17) is 9.47 Å². The van der Waals surface area contributed by atoms with Crippen molar-refractivity contribution < 1.29 is 24.2 Å². The van der Waals surface area contributed by atoms with Gasteiger partial charge < -0.3 is 24.8 Å². The molecule has 0 spiro atoms. The van der Waals surface area contributed by atoms with Crippen LogP contribution in [0, 0.1) is 0 Å². The maximum absolute atomic E-state index is 13.3. The molecule has 3 aromatic rings. The third-order valence-electron chi connectivity index (χ3n) is 8.47. The van der Waals surface area contributed by atoms with E-state index in [-0.39, 0.29) is 24.2 Å². The zero-order valence-electron chi connectivity index (χ0n) is 25.2. The number of ether oxygens (including phenoxy) is 2. The summed E-state index contributed by atoms with van der Waals surface area (Å²) >= 11 is 0. The molecule has 0 bridgehead atoms. The fourth-order valence-corrected chi connectivity index (χ4v) is 6.10. The third-order valence-corrected chi connectivity index (χ3v) is 8.47. The van der Waals surface area contributed by atoms with Crippen LogP contribution in [0.1, 0.15) is 69.4 Å². The summed E-state index contributed by atoms with van der Waals surface area (Å²) in [5, 5.41) is 17.2. The molecule has 1 saturated carbocycles. The van der Waals surface area contributed by atoms with Crippen molar-refractivity contribution in [2.75, 3.05) is 31.7 Å². The van der Waals surface area contributed by atoms with Crippen LogP contribution in [-0.2, 0) is 33.7 Å². The summed E-state index contributed by atoms with van der Waals surface area (Å²) in [5.41, 5.74) is 4.83. The average Bonchev–Trinajstić information content (AvgIpc) is 3.73. The van der Waals surface area contributed by atoms with E-state index >= 15 is 0 Å². The molecule has 9 nitrogen and oxygen atoms in total. The molecular formula is C34H44N4O5. The minimum absolute atomic E-state index is 0.0203. The Kier molecular flexibility index (Phi) is 10.7. The number of aromatic hydroxyl groups is 1. The van der Waals surface area contributed by atoms with E-state index in [1.165, 1.54) is 18.4 Å². The standard InChI is InChI=1S/C34H44N4O5/c1-2-37-23-28(22-35-37)27-11-8-9-25(21-27)16-19-42-20-17-32(41)38(29-12-5-6-13-29)18-7-3-4-10-26-14-15-30(39)33-34(26)43-24-31(40)36-33/h8-9,11,14-15,21-23,29,39H,2-7,10,12-13,16-20,24H2,1H3,(H,36,40). The van der Waals surface area contributed by atoms with Gasteiger partial charge in [0.05, 0.1) is 25.8 Å². The number of nitrogens with one attached hydrogen (secondary N) is 1. The first-order valence-electron chi connectivity index (χ1n) is 15.8. The van der Waals surface area contributed by atoms with Gasteiger partial charge in [-0.3, -0.25) is 14.3 Å². The number of carbonyl (C=O) groups is 2. The Labute approximate surface area is 254 Å². The largest absolute Gasteiger partial charge is 0.506 e. The Hall–Kier alpha value is -3.85. The van der Waals surface area contributed by atoms with E-state index in [1.54, 1.807) is 6.07 Å². The van der Waals surface area contributed by atoms with Crippen molar-refractivity contribution in [3.8, 4) is 22.6 Å². The Morgan fingerprint density at radius 3 is 2.79 bits per heavy atom. The molecule has 1 aliphatic carbocycles. The highest BCUT2D eigenvalue weighted by atomic mass is 16.5. The van der Waals surface area contributed by atoms with Gasteiger partial charge in [0.2, 0.25) is 5.91 Å². The number of hydrogen-bond acceptors (Lipinski definition) is 6. The van der Waals surface area contributed by atoms with Gasteiger partial charge in [-0.25, -0.2) is 0 Å². The summed E-state index contributed by atoms with van der Waals surface area (Å²) in [4.78, 5) is 27.0. The lowest BCUT2D eigenvalue weighted by Gasteiger charge is -2.29. The van der Waals surface area contributed by atoms with Crippen molar-refractivity contribution in [3.05, 3.63) is 59.9 Å². The van der Waals surface area contributed by atoms with E-state index in [0.29, 0.717) is 37.1 Å². The molecule has 2 amide bonds. The quantitative estimate of drug-likeness (QED) is 0.173. The van der Waals surface area contributed by atoms with E-state index in [0.717, 1.165) is 74.7 Å². The van der Waals surface area contributed by atoms with Crippen LogP contribution in [0.15, 0.2) is 48.8 Å². The second kappa shape index (κ2) is 15.0. The number of phenols is 1. The number of hydrogen-bond donors (Lipinski definition) is 2. The van der Waals surface area contributed by atoms with Crippen molar-refractivity contribution in [1.29, 1.82) is 0 Å². The maximum atomic E-state index is 13.3. The Bertz CT molecular complexity index is 1380. The minimum atomic E-state index is -0.260. The fourth-order valence-electron chi connectivity index (χ4n) is 6.10. The molecular weight excluding hydrogens is 544 g/mol. The van der Waals surface area contributed by atoms with Gasteiger partial charge in [-0.05, 0) is 68.2 Å². The van der Waals surface area contributed by atoms with Crippen LogP contribution >= 0.6 is 0 Å².